The Morgan fingerprint density at radius 3 is 2.60 bits per heavy atom. The molecule has 0 spiro atoms. The van der Waals surface area contributed by atoms with Crippen LogP contribution in [-0.2, 0) is 0 Å². The molecule has 1 rings (SSSR count). The van der Waals surface area contributed by atoms with E-state index in [1.807, 2.05) is 0 Å². The summed E-state index contributed by atoms with van der Waals surface area (Å²) in [4.78, 5) is 13.4. The Hall–Kier alpha value is -0.320. The van der Waals surface area contributed by atoms with Gasteiger partial charge in [-0.1, -0.05) is 0 Å². The summed E-state index contributed by atoms with van der Waals surface area (Å²) in [6.07, 6.45) is 1.07. The van der Waals surface area contributed by atoms with Crippen LogP contribution in [0.15, 0.2) is 10.8 Å². The number of carbonyl (C=O) groups is 1. The molecule has 0 saturated carbocycles. The van der Waals surface area contributed by atoms with Gasteiger partial charge in [0.1, 0.15) is 11.5 Å². The van der Waals surface area contributed by atoms with Crippen LogP contribution in [-0.4, -0.2) is 11.0 Å². The largest absolute Gasteiger partial charge is 1.00 e. The Morgan fingerprint density at radius 2 is 2.40 bits per heavy atom. The first-order valence-electron chi connectivity index (χ1n) is 2.33. The molecule has 0 aromatic carbocycles. The topological polar surface area (TPSA) is 66.2 Å². The van der Waals surface area contributed by atoms with Crippen molar-refractivity contribution in [1.82, 2.24) is 4.98 Å². The maximum Gasteiger partial charge on any atom is 1.00 e. The van der Waals surface area contributed by atoms with Gasteiger partial charge in [-0.15, -0.1) is 0 Å². The van der Waals surface area contributed by atoms with Crippen LogP contribution < -0.4 is 34.7 Å². The number of hydrogen-bond acceptors (Lipinski definition) is 4. The second-order valence-corrected chi connectivity index (χ2v) is 1.54. The summed E-state index contributed by atoms with van der Waals surface area (Å²) in [6, 6.07) is 0. The molecular formula is C5H4NNaO3. The molecular weight excluding hydrogens is 145 g/mol. The molecule has 1 heterocycles. The smallest absolute Gasteiger partial charge is 0.543 e. The maximum absolute atomic E-state index is 10.0. The number of aryl methyl sites for hydroxylation is 1. The predicted molar refractivity (Wildman–Crippen MR) is 25.6 cm³/mol. The van der Waals surface area contributed by atoms with Gasteiger partial charge in [-0.2, -0.15) is 0 Å². The third kappa shape index (κ3) is 1.83. The molecule has 5 heteroatoms. The number of carboxylic acid groups (broad SMARTS) is 1. The molecule has 0 bridgehead atoms. The van der Waals surface area contributed by atoms with Gasteiger partial charge in [0.05, 0.1) is 5.97 Å². The number of carbonyl (C=O) groups excluding carboxylic acids is 1. The molecule has 0 N–H and O–H groups in total. The SMILES string of the molecule is Cc1ocnc1C(=O)[O-].[Na+]. The van der Waals surface area contributed by atoms with Crippen molar-refractivity contribution >= 4 is 5.97 Å². The number of oxazole rings is 1. The molecule has 1 aromatic heterocycles. The number of hydrogen-bond donors (Lipinski definition) is 0. The Labute approximate surface area is 79.5 Å². The number of aromatic carboxylic acids is 1. The van der Waals surface area contributed by atoms with Crippen LogP contribution in [0.5, 0.6) is 0 Å². The summed E-state index contributed by atoms with van der Waals surface area (Å²) in [5, 5.41) is 10.0. The van der Waals surface area contributed by atoms with Crippen LogP contribution in [0.4, 0.5) is 0 Å². The predicted octanol–water partition coefficient (Wildman–Crippen LogP) is -3.65. The average molecular weight is 149 g/mol. The van der Waals surface area contributed by atoms with Crippen molar-refractivity contribution in [2.24, 2.45) is 0 Å². The first-order valence-corrected chi connectivity index (χ1v) is 2.33. The first-order chi connectivity index (χ1) is 4.22. The molecule has 0 aliphatic carbocycles. The molecule has 1 aromatic rings. The second kappa shape index (κ2) is 3.75. The van der Waals surface area contributed by atoms with Gasteiger partial charge in [0.15, 0.2) is 6.39 Å². The van der Waals surface area contributed by atoms with Gasteiger partial charge < -0.3 is 14.3 Å². The third-order valence-electron chi connectivity index (χ3n) is 0.938. The molecule has 0 fully saturated rings. The Morgan fingerprint density at radius 1 is 1.80 bits per heavy atom. The summed E-state index contributed by atoms with van der Waals surface area (Å²) < 4.78 is 4.59. The van der Waals surface area contributed by atoms with Gasteiger partial charge in [-0.25, -0.2) is 4.98 Å². The normalized spacial score (nSPS) is 8.50. The fraction of sp³-hybridized carbons (Fsp3) is 0.200. The second-order valence-electron chi connectivity index (χ2n) is 1.54. The minimum atomic E-state index is -1.30. The summed E-state index contributed by atoms with van der Waals surface area (Å²) in [6.45, 7) is 1.51. The Kier molecular flexibility index (Phi) is 3.63. The molecule has 10 heavy (non-hydrogen) atoms. The van der Waals surface area contributed by atoms with E-state index in [4.69, 9.17) is 0 Å². The number of aromatic nitrogens is 1. The summed E-state index contributed by atoms with van der Waals surface area (Å²) >= 11 is 0. The van der Waals surface area contributed by atoms with E-state index in [2.05, 4.69) is 9.40 Å². The summed E-state index contributed by atoms with van der Waals surface area (Å²) in [7, 11) is 0. The molecule has 0 radical (unpaired) electrons. The third-order valence-corrected chi connectivity index (χ3v) is 0.938. The van der Waals surface area contributed by atoms with Crippen molar-refractivity contribution < 1.29 is 43.9 Å². The van der Waals surface area contributed by atoms with Crippen LogP contribution in [0.1, 0.15) is 16.2 Å². The average Bonchev–Trinajstić information content (AvgIpc) is 2.13. The van der Waals surface area contributed by atoms with Gasteiger partial charge in [0, 0.05) is 0 Å². The van der Waals surface area contributed by atoms with Crippen molar-refractivity contribution in [3.63, 3.8) is 0 Å². The van der Waals surface area contributed by atoms with Crippen LogP contribution in [0.3, 0.4) is 0 Å². The molecule has 0 saturated heterocycles. The Bertz CT molecular complexity index is 233. The minimum Gasteiger partial charge on any atom is -0.543 e. The van der Waals surface area contributed by atoms with Crippen LogP contribution >= 0.6 is 0 Å². The zero-order valence-electron chi connectivity index (χ0n) is 5.75. The monoisotopic (exact) mass is 149 g/mol. The zero-order chi connectivity index (χ0) is 6.85. The van der Waals surface area contributed by atoms with Gasteiger partial charge in [-0.05, 0) is 6.92 Å². The fourth-order valence-corrected chi connectivity index (χ4v) is 0.501. The Balaban J connectivity index is 0.000000810. The van der Waals surface area contributed by atoms with Crippen LogP contribution in [0.2, 0.25) is 0 Å². The van der Waals surface area contributed by atoms with E-state index in [0.717, 1.165) is 6.39 Å². The van der Waals surface area contributed by atoms with Crippen molar-refractivity contribution in [2.45, 2.75) is 6.92 Å². The van der Waals surface area contributed by atoms with Gasteiger partial charge >= 0.3 is 29.6 Å². The van der Waals surface area contributed by atoms with E-state index < -0.39 is 5.97 Å². The number of nitrogens with zero attached hydrogens (tertiary/aromatic N) is 1. The van der Waals surface area contributed by atoms with Crippen LogP contribution in [0, 0.1) is 6.92 Å². The van der Waals surface area contributed by atoms with E-state index in [1.54, 1.807) is 0 Å². The quantitative estimate of drug-likeness (QED) is 0.386. The van der Waals surface area contributed by atoms with Crippen molar-refractivity contribution in [2.75, 3.05) is 0 Å². The molecule has 0 aliphatic rings. The van der Waals surface area contributed by atoms with E-state index in [9.17, 15) is 9.90 Å². The van der Waals surface area contributed by atoms with Crippen molar-refractivity contribution in [3.8, 4) is 0 Å². The molecule has 0 atom stereocenters. The van der Waals surface area contributed by atoms with Crippen molar-refractivity contribution in [3.05, 3.63) is 17.8 Å². The molecule has 4 nitrogen and oxygen atoms in total. The molecule has 48 valence electrons. The van der Waals surface area contributed by atoms with Crippen LogP contribution in [0.25, 0.3) is 0 Å². The minimum absolute atomic E-state index is 0. The van der Waals surface area contributed by atoms with E-state index in [-0.39, 0.29) is 41.0 Å². The van der Waals surface area contributed by atoms with Gasteiger partial charge in [0.25, 0.3) is 0 Å². The standard InChI is InChI=1S/C5H5NO3.Na/c1-3-4(5(7)8)6-2-9-3;/h2H,1H3,(H,7,8);/q;+1/p-1. The first kappa shape index (κ1) is 9.68. The van der Waals surface area contributed by atoms with Gasteiger partial charge in [0.2, 0.25) is 0 Å². The number of carboxylic acids is 1. The maximum atomic E-state index is 10.0. The number of rotatable bonds is 1. The van der Waals surface area contributed by atoms with E-state index in [0.29, 0.717) is 0 Å². The molecule has 0 aliphatic heterocycles. The van der Waals surface area contributed by atoms with E-state index >= 15 is 0 Å². The fourth-order valence-electron chi connectivity index (χ4n) is 0.501. The van der Waals surface area contributed by atoms with E-state index in [1.165, 1.54) is 6.92 Å². The summed E-state index contributed by atoms with van der Waals surface area (Å²) in [5.74, 6) is -1.03. The van der Waals surface area contributed by atoms with Crippen molar-refractivity contribution in [1.29, 1.82) is 0 Å². The summed E-state index contributed by atoms with van der Waals surface area (Å²) in [5.41, 5.74) is -0.130. The molecule has 0 unspecified atom stereocenters. The molecule has 0 amide bonds. The zero-order valence-corrected chi connectivity index (χ0v) is 7.75. The van der Waals surface area contributed by atoms with Gasteiger partial charge in [-0.3, -0.25) is 0 Å².